The highest BCUT2D eigenvalue weighted by atomic mass is 32.2. The molecule has 4 rings (SSSR count). The molecular formula is C25H26N4O4S2. The molecule has 8 nitrogen and oxygen atoms in total. The van der Waals surface area contributed by atoms with Gasteiger partial charge in [-0.15, -0.1) is 11.3 Å². The van der Waals surface area contributed by atoms with Crippen molar-refractivity contribution >= 4 is 33.0 Å². The molecule has 0 saturated carbocycles. The summed E-state index contributed by atoms with van der Waals surface area (Å²) in [5.74, 6) is -0.0963. The molecule has 0 bridgehead atoms. The van der Waals surface area contributed by atoms with E-state index in [4.69, 9.17) is 4.74 Å². The molecule has 10 heteroatoms. The van der Waals surface area contributed by atoms with E-state index in [-0.39, 0.29) is 10.6 Å². The van der Waals surface area contributed by atoms with Crippen molar-refractivity contribution in [1.29, 1.82) is 0 Å². The molecule has 182 valence electrons. The topological polar surface area (TPSA) is 93.5 Å². The lowest BCUT2D eigenvalue weighted by atomic mass is 10.2. The second-order valence-corrected chi connectivity index (χ2v) is 10.4. The number of hydrogen-bond acceptors (Lipinski definition) is 6. The predicted molar refractivity (Wildman–Crippen MR) is 138 cm³/mol. The van der Waals surface area contributed by atoms with E-state index in [0.29, 0.717) is 30.2 Å². The first-order valence-corrected chi connectivity index (χ1v) is 13.4. The molecule has 35 heavy (non-hydrogen) atoms. The number of benzene rings is 2. The number of methoxy groups -OCH3 is 1. The van der Waals surface area contributed by atoms with Crippen LogP contribution in [0.2, 0.25) is 0 Å². The summed E-state index contributed by atoms with van der Waals surface area (Å²) in [5, 5.41) is 9.44. The Morgan fingerprint density at radius 3 is 2.43 bits per heavy atom. The van der Waals surface area contributed by atoms with Gasteiger partial charge in [-0.05, 0) is 47.8 Å². The zero-order valence-corrected chi connectivity index (χ0v) is 21.3. The minimum absolute atomic E-state index is 0.0770. The van der Waals surface area contributed by atoms with Gasteiger partial charge in [-0.2, -0.15) is 9.40 Å². The fourth-order valence-corrected chi connectivity index (χ4v) is 5.86. The fraction of sp³-hybridized carbons (Fsp3) is 0.200. The molecule has 2 heterocycles. The van der Waals surface area contributed by atoms with Crippen LogP contribution >= 0.6 is 11.3 Å². The van der Waals surface area contributed by atoms with Crippen LogP contribution in [0.4, 0.5) is 5.69 Å². The Labute approximate surface area is 208 Å². The van der Waals surface area contributed by atoms with Gasteiger partial charge >= 0.3 is 0 Å². The zero-order valence-electron chi connectivity index (χ0n) is 19.6. The molecule has 0 spiro atoms. The second-order valence-electron chi connectivity index (χ2n) is 7.55. The summed E-state index contributed by atoms with van der Waals surface area (Å²) in [6, 6.07) is 19.4. The Morgan fingerprint density at radius 2 is 1.80 bits per heavy atom. The first-order valence-electron chi connectivity index (χ1n) is 11.1. The van der Waals surface area contributed by atoms with Crippen LogP contribution in [0.1, 0.15) is 24.3 Å². The molecule has 1 N–H and O–H groups in total. The van der Waals surface area contributed by atoms with E-state index < -0.39 is 15.9 Å². The van der Waals surface area contributed by atoms with Gasteiger partial charge in [0, 0.05) is 13.1 Å². The zero-order chi connectivity index (χ0) is 25.0. The molecule has 0 aliphatic carbocycles. The third-order valence-corrected chi connectivity index (χ3v) is 8.42. The number of sulfonamides is 1. The minimum atomic E-state index is -3.72. The van der Waals surface area contributed by atoms with Gasteiger partial charge in [-0.1, -0.05) is 38.1 Å². The molecule has 0 aliphatic heterocycles. The summed E-state index contributed by atoms with van der Waals surface area (Å²) in [5.41, 5.74) is 1.95. The van der Waals surface area contributed by atoms with Crippen molar-refractivity contribution in [3.05, 3.63) is 77.8 Å². The van der Waals surface area contributed by atoms with Crippen LogP contribution in [-0.4, -0.2) is 48.6 Å². The van der Waals surface area contributed by atoms with Crippen LogP contribution in [0.5, 0.6) is 5.75 Å². The summed E-state index contributed by atoms with van der Waals surface area (Å²) < 4.78 is 34.4. The van der Waals surface area contributed by atoms with Gasteiger partial charge in [0.15, 0.2) is 0 Å². The Bertz CT molecular complexity index is 1410. The SMILES string of the molecule is CCN(CC)S(=O)(=O)c1ccc(OC)c(NC(=O)c2cc(-c3cccs3)nn2-c2ccccc2)c1. The molecule has 0 unspecified atom stereocenters. The molecule has 0 atom stereocenters. The standard InChI is InChI=1S/C25H26N4O4S2/c1-4-28(5-2)35(31,32)19-13-14-23(33-3)20(16-19)26-25(30)22-17-21(24-12-9-15-34-24)27-29(22)18-10-7-6-8-11-18/h6-17H,4-5H2,1-3H3,(H,26,30). The molecule has 1 amide bonds. The molecule has 0 saturated heterocycles. The van der Waals surface area contributed by atoms with E-state index in [1.54, 1.807) is 24.6 Å². The number of amides is 1. The average Bonchev–Trinajstić information content (AvgIpc) is 3.55. The van der Waals surface area contributed by atoms with Crippen molar-refractivity contribution in [3.8, 4) is 22.0 Å². The highest BCUT2D eigenvalue weighted by molar-refractivity contribution is 7.89. The molecule has 4 aromatic rings. The number of hydrogen-bond donors (Lipinski definition) is 1. The third-order valence-electron chi connectivity index (χ3n) is 5.48. The average molecular weight is 511 g/mol. The van der Waals surface area contributed by atoms with Crippen LogP contribution in [0.15, 0.2) is 77.0 Å². The van der Waals surface area contributed by atoms with Crippen molar-refractivity contribution in [1.82, 2.24) is 14.1 Å². The quantitative estimate of drug-likeness (QED) is 0.346. The fourth-order valence-electron chi connectivity index (χ4n) is 3.70. The normalized spacial score (nSPS) is 11.5. The van der Waals surface area contributed by atoms with Gasteiger partial charge in [0.25, 0.3) is 5.91 Å². The largest absolute Gasteiger partial charge is 0.495 e. The van der Waals surface area contributed by atoms with Crippen molar-refractivity contribution in [2.45, 2.75) is 18.7 Å². The lowest BCUT2D eigenvalue weighted by Crippen LogP contribution is -2.30. The Hall–Kier alpha value is -3.47. The summed E-state index contributed by atoms with van der Waals surface area (Å²) >= 11 is 1.53. The molecule has 2 aromatic heterocycles. The van der Waals surface area contributed by atoms with Gasteiger partial charge in [-0.3, -0.25) is 4.79 Å². The minimum Gasteiger partial charge on any atom is -0.495 e. The number of carbonyl (C=O) groups is 1. The van der Waals surface area contributed by atoms with E-state index in [0.717, 1.165) is 10.6 Å². The van der Waals surface area contributed by atoms with Gasteiger partial charge in [0.1, 0.15) is 17.1 Å². The second kappa shape index (κ2) is 10.4. The monoisotopic (exact) mass is 510 g/mol. The highest BCUT2D eigenvalue weighted by Crippen LogP contribution is 2.31. The maximum absolute atomic E-state index is 13.5. The number of nitrogens with one attached hydrogen (secondary N) is 1. The van der Waals surface area contributed by atoms with Crippen molar-refractivity contribution in [3.63, 3.8) is 0 Å². The van der Waals surface area contributed by atoms with Gasteiger partial charge in [0.05, 0.1) is 28.3 Å². The number of carbonyl (C=O) groups excluding carboxylic acids is 1. The summed E-state index contributed by atoms with van der Waals surface area (Å²) in [4.78, 5) is 14.5. The molecular weight excluding hydrogens is 484 g/mol. The van der Waals surface area contributed by atoms with E-state index in [9.17, 15) is 13.2 Å². The Morgan fingerprint density at radius 1 is 1.06 bits per heavy atom. The Kier molecular flexibility index (Phi) is 7.34. The number of nitrogens with zero attached hydrogens (tertiary/aromatic N) is 3. The predicted octanol–water partition coefficient (Wildman–Crippen LogP) is 4.89. The molecule has 0 aliphatic rings. The van der Waals surface area contributed by atoms with Crippen molar-refractivity contribution < 1.29 is 17.9 Å². The van der Waals surface area contributed by atoms with Crippen molar-refractivity contribution in [2.75, 3.05) is 25.5 Å². The van der Waals surface area contributed by atoms with E-state index in [1.807, 2.05) is 47.8 Å². The maximum Gasteiger partial charge on any atom is 0.274 e. The lowest BCUT2D eigenvalue weighted by molar-refractivity contribution is 0.101. The smallest absolute Gasteiger partial charge is 0.274 e. The van der Waals surface area contributed by atoms with E-state index >= 15 is 0 Å². The first kappa shape index (κ1) is 24.6. The maximum atomic E-state index is 13.5. The summed E-state index contributed by atoms with van der Waals surface area (Å²) in [6.45, 7) is 4.25. The van der Waals surface area contributed by atoms with Crippen molar-refractivity contribution in [2.24, 2.45) is 0 Å². The number of rotatable bonds is 9. The van der Waals surface area contributed by atoms with E-state index in [2.05, 4.69) is 10.4 Å². The van der Waals surface area contributed by atoms with Gasteiger partial charge in [0.2, 0.25) is 10.0 Å². The van der Waals surface area contributed by atoms with Crippen LogP contribution in [0.25, 0.3) is 16.3 Å². The third kappa shape index (κ3) is 5.00. The summed E-state index contributed by atoms with van der Waals surface area (Å²) in [7, 11) is -2.25. The van der Waals surface area contributed by atoms with E-state index in [1.165, 1.54) is 41.0 Å². The van der Waals surface area contributed by atoms with Gasteiger partial charge in [-0.25, -0.2) is 13.1 Å². The number of thiophene rings is 1. The molecule has 2 aromatic carbocycles. The Balaban J connectivity index is 1.75. The van der Waals surface area contributed by atoms with Crippen LogP contribution in [0, 0.1) is 0 Å². The summed E-state index contributed by atoms with van der Waals surface area (Å²) in [6.07, 6.45) is 0. The lowest BCUT2D eigenvalue weighted by Gasteiger charge is -2.19. The molecule has 0 fully saturated rings. The number of aromatic nitrogens is 2. The van der Waals surface area contributed by atoms with Crippen LogP contribution in [0.3, 0.4) is 0 Å². The van der Waals surface area contributed by atoms with Gasteiger partial charge < -0.3 is 10.1 Å². The number of para-hydroxylation sites is 1. The van der Waals surface area contributed by atoms with Crippen LogP contribution < -0.4 is 10.1 Å². The number of anilines is 1. The van der Waals surface area contributed by atoms with Crippen LogP contribution in [-0.2, 0) is 10.0 Å². The first-order chi connectivity index (χ1) is 16.9. The number of ether oxygens (including phenoxy) is 1. The molecule has 0 radical (unpaired) electrons. The highest BCUT2D eigenvalue weighted by Gasteiger charge is 2.24.